The molecule has 5 heteroatoms. The van der Waals surface area contributed by atoms with Crippen LogP contribution in [0, 0.1) is 0 Å². The highest BCUT2D eigenvalue weighted by Crippen LogP contribution is 2.11. The largest absolute Gasteiger partial charge is 0.467 e. The van der Waals surface area contributed by atoms with E-state index in [1.54, 1.807) is 24.7 Å². The fourth-order valence-corrected chi connectivity index (χ4v) is 1.94. The molecule has 0 spiro atoms. The zero-order valence-corrected chi connectivity index (χ0v) is 11.7. The second-order valence-corrected chi connectivity index (χ2v) is 4.69. The summed E-state index contributed by atoms with van der Waals surface area (Å²) in [4.78, 5) is 16.0. The Balaban J connectivity index is 1.81. The van der Waals surface area contributed by atoms with Crippen LogP contribution < -0.4 is 10.6 Å². The second kappa shape index (κ2) is 6.86. The minimum Gasteiger partial charge on any atom is -0.467 e. The molecule has 5 nitrogen and oxygen atoms in total. The molecular formula is C15H19N3O2. The van der Waals surface area contributed by atoms with E-state index >= 15 is 0 Å². The number of hydrogen-bond donors (Lipinski definition) is 2. The highest BCUT2D eigenvalue weighted by Gasteiger charge is 2.16. The van der Waals surface area contributed by atoms with Gasteiger partial charge in [-0.05, 0) is 43.7 Å². The maximum Gasteiger partial charge on any atom is 0.237 e. The fraction of sp³-hybridized carbons (Fsp3) is 0.333. The van der Waals surface area contributed by atoms with Crippen LogP contribution in [0.15, 0.2) is 47.3 Å². The number of hydrogen-bond acceptors (Lipinski definition) is 4. The van der Waals surface area contributed by atoms with Gasteiger partial charge in [0.2, 0.25) is 5.91 Å². The van der Waals surface area contributed by atoms with Gasteiger partial charge < -0.3 is 9.73 Å². The van der Waals surface area contributed by atoms with Crippen molar-refractivity contribution in [3.8, 4) is 0 Å². The average Bonchev–Trinajstić information content (AvgIpc) is 2.98. The van der Waals surface area contributed by atoms with Crippen LogP contribution in [0.5, 0.6) is 0 Å². The predicted molar refractivity (Wildman–Crippen MR) is 75.8 cm³/mol. The third-order valence-electron chi connectivity index (χ3n) is 3.12. The smallest absolute Gasteiger partial charge is 0.237 e. The van der Waals surface area contributed by atoms with Crippen molar-refractivity contribution in [2.24, 2.45) is 0 Å². The van der Waals surface area contributed by atoms with Crippen molar-refractivity contribution >= 4 is 5.91 Å². The molecule has 1 amide bonds. The summed E-state index contributed by atoms with van der Waals surface area (Å²) in [5, 5.41) is 6.09. The maximum absolute atomic E-state index is 12.0. The van der Waals surface area contributed by atoms with E-state index in [0.717, 1.165) is 11.3 Å². The third kappa shape index (κ3) is 3.93. The lowest BCUT2D eigenvalue weighted by molar-refractivity contribution is -0.123. The molecule has 0 aliphatic carbocycles. The average molecular weight is 273 g/mol. The molecular weight excluding hydrogens is 254 g/mol. The lowest BCUT2D eigenvalue weighted by atomic mass is 10.1. The molecule has 2 aromatic rings. The lowest BCUT2D eigenvalue weighted by Crippen LogP contribution is -2.42. The van der Waals surface area contributed by atoms with E-state index in [9.17, 15) is 4.79 Å². The van der Waals surface area contributed by atoms with Crippen LogP contribution in [-0.2, 0) is 11.3 Å². The first-order valence-electron chi connectivity index (χ1n) is 6.63. The summed E-state index contributed by atoms with van der Waals surface area (Å²) in [7, 11) is 0. The van der Waals surface area contributed by atoms with E-state index in [4.69, 9.17) is 4.42 Å². The molecule has 0 saturated carbocycles. The van der Waals surface area contributed by atoms with Gasteiger partial charge in [0.05, 0.1) is 18.8 Å². The minimum absolute atomic E-state index is 0.0534. The molecule has 2 atom stereocenters. The van der Waals surface area contributed by atoms with Crippen molar-refractivity contribution < 1.29 is 9.21 Å². The number of nitrogens with zero attached hydrogens (tertiary/aromatic N) is 1. The van der Waals surface area contributed by atoms with Gasteiger partial charge >= 0.3 is 0 Å². The number of carbonyl (C=O) groups is 1. The Kier molecular flexibility index (Phi) is 4.90. The quantitative estimate of drug-likeness (QED) is 0.845. The van der Waals surface area contributed by atoms with Crippen molar-refractivity contribution in [1.82, 2.24) is 15.6 Å². The van der Waals surface area contributed by atoms with E-state index in [0.29, 0.717) is 6.54 Å². The van der Waals surface area contributed by atoms with Gasteiger partial charge in [0.25, 0.3) is 0 Å². The molecule has 0 aliphatic rings. The van der Waals surface area contributed by atoms with Crippen LogP contribution in [0.2, 0.25) is 0 Å². The minimum atomic E-state index is -0.284. The lowest BCUT2D eigenvalue weighted by Gasteiger charge is -2.19. The van der Waals surface area contributed by atoms with Gasteiger partial charge in [0.15, 0.2) is 0 Å². The molecule has 0 bridgehead atoms. The van der Waals surface area contributed by atoms with Gasteiger partial charge in [-0.15, -0.1) is 0 Å². The third-order valence-corrected chi connectivity index (χ3v) is 3.12. The molecule has 106 valence electrons. The summed E-state index contributed by atoms with van der Waals surface area (Å²) >= 11 is 0. The Morgan fingerprint density at radius 3 is 2.70 bits per heavy atom. The molecule has 1 unspecified atom stereocenters. The number of pyridine rings is 1. The number of nitrogens with one attached hydrogen (secondary N) is 2. The monoisotopic (exact) mass is 273 g/mol. The van der Waals surface area contributed by atoms with Crippen molar-refractivity contribution in [3.63, 3.8) is 0 Å². The first-order valence-corrected chi connectivity index (χ1v) is 6.63. The number of furan rings is 1. The summed E-state index contributed by atoms with van der Waals surface area (Å²) in [5.74, 6) is 0.690. The summed E-state index contributed by atoms with van der Waals surface area (Å²) in [6, 6.07) is 7.30. The van der Waals surface area contributed by atoms with Gasteiger partial charge in [-0.1, -0.05) is 0 Å². The zero-order valence-electron chi connectivity index (χ0n) is 11.7. The zero-order chi connectivity index (χ0) is 14.4. The first kappa shape index (κ1) is 14.3. The standard InChI is InChI=1S/C15H19N3O2/c1-11(13-5-7-16-8-6-13)18-12(2)15(19)17-10-14-4-3-9-20-14/h3-9,11-12,18H,10H2,1-2H3,(H,17,19)/t11-,12?/m1/s1. The molecule has 0 aliphatic heterocycles. The highest BCUT2D eigenvalue weighted by molar-refractivity contribution is 5.81. The normalized spacial score (nSPS) is 13.7. The second-order valence-electron chi connectivity index (χ2n) is 4.69. The van der Waals surface area contributed by atoms with E-state index in [2.05, 4.69) is 15.6 Å². The summed E-state index contributed by atoms with van der Waals surface area (Å²) in [5.41, 5.74) is 1.10. The van der Waals surface area contributed by atoms with E-state index in [-0.39, 0.29) is 18.0 Å². The number of rotatable bonds is 6. The Morgan fingerprint density at radius 1 is 1.30 bits per heavy atom. The number of aromatic nitrogens is 1. The molecule has 0 aromatic carbocycles. The van der Waals surface area contributed by atoms with Crippen LogP contribution >= 0.6 is 0 Å². The topological polar surface area (TPSA) is 67.2 Å². The maximum atomic E-state index is 12.0. The molecule has 0 radical (unpaired) electrons. The van der Waals surface area contributed by atoms with E-state index in [1.807, 2.05) is 32.0 Å². The van der Waals surface area contributed by atoms with Crippen LogP contribution in [0.3, 0.4) is 0 Å². The number of amides is 1. The fourth-order valence-electron chi connectivity index (χ4n) is 1.94. The van der Waals surface area contributed by atoms with Crippen molar-refractivity contribution in [2.45, 2.75) is 32.5 Å². The van der Waals surface area contributed by atoms with E-state index < -0.39 is 0 Å². The Morgan fingerprint density at radius 2 is 2.05 bits per heavy atom. The highest BCUT2D eigenvalue weighted by atomic mass is 16.3. The van der Waals surface area contributed by atoms with Gasteiger partial charge in [0, 0.05) is 18.4 Å². The molecule has 2 heterocycles. The molecule has 2 N–H and O–H groups in total. The van der Waals surface area contributed by atoms with Crippen LogP contribution in [0.4, 0.5) is 0 Å². The Labute approximate surface area is 118 Å². The van der Waals surface area contributed by atoms with Crippen molar-refractivity contribution in [3.05, 3.63) is 54.2 Å². The molecule has 20 heavy (non-hydrogen) atoms. The van der Waals surface area contributed by atoms with Crippen molar-refractivity contribution in [2.75, 3.05) is 0 Å². The van der Waals surface area contributed by atoms with Crippen LogP contribution in [0.1, 0.15) is 31.2 Å². The van der Waals surface area contributed by atoms with Crippen LogP contribution in [-0.4, -0.2) is 16.9 Å². The van der Waals surface area contributed by atoms with Crippen LogP contribution in [0.25, 0.3) is 0 Å². The van der Waals surface area contributed by atoms with E-state index in [1.165, 1.54) is 0 Å². The van der Waals surface area contributed by atoms with Gasteiger partial charge in [-0.25, -0.2) is 0 Å². The molecule has 2 rings (SSSR count). The van der Waals surface area contributed by atoms with Gasteiger partial charge in [-0.2, -0.15) is 0 Å². The summed E-state index contributed by atoms with van der Waals surface area (Å²) in [6.45, 7) is 4.27. The number of carbonyl (C=O) groups excluding carboxylic acids is 1. The Hall–Kier alpha value is -2.14. The van der Waals surface area contributed by atoms with Gasteiger partial charge in [0.1, 0.15) is 5.76 Å². The molecule has 0 saturated heterocycles. The molecule has 2 aromatic heterocycles. The SMILES string of the molecule is CC(N[C@H](C)c1ccncc1)C(=O)NCc1ccco1. The van der Waals surface area contributed by atoms with Gasteiger partial charge in [-0.3, -0.25) is 15.1 Å². The predicted octanol–water partition coefficient (Wildman–Crippen LogP) is 2.03. The molecule has 0 fully saturated rings. The summed E-state index contributed by atoms with van der Waals surface area (Å²) < 4.78 is 5.17. The Bertz CT molecular complexity index is 525. The van der Waals surface area contributed by atoms with Crippen molar-refractivity contribution in [1.29, 1.82) is 0 Å². The summed E-state index contributed by atoms with van der Waals surface area (Å²) in [6.07, 6.45) is 5.08. The first-order chi connectivity index (χ1) is 9.66.